The smallest absolute Gasteiger partial charge is 0.242 e. The summed E-state index contributed by atoms with van der Waals surface area (Å²) in [5, 5.41) is 11.6. The van der Waals surface area contributed by atoms with Gasteiger partial charge in [0.1, 0.15) is 0 Å². The van der Waals surface area contributed by atoms with Crippen molar-refractivity contribution in [1.29, 1.82) is 0 Å². The molecule has 0 amide bonds. The SMILES string of the molecule is CCCNCc1sccc1S(=O)(=O)NC(C)c1cn[nH]c1. The fourth-order valence-corrected chi connectivity index (χ4v) is 4.58. The van der Waals surface area contributed by atoms with Gasteiger partial charge < -0.3 is 5.32 Å². The minimum Gasteiger partial charge on any atom is -0.312 e. The van der Waals surface area contributed by atoms with Crippen molar-refractivity contribution >= 4 is 21.4 Å². The quantitative estimate of drug-likeness (QED) is 0.647. The molecule has 1 atom stereocenters. The maximum absolute atomic E-state index is 12.5. The molecule has 1 unspecified atom stereocenters. The summed E-state index contributed by atoms with van der Waals surface area (Å²) < 4.78 is 27.7. The highest BCUT2D eigenvalue weighted by Gasteiger charge is 2.22. The maximum atomic E-state index is 12.5. The molecule has 116 valence electrons. The largest absolute Gasteiger partial charge is 0.312 e. The van der Waals surface area contributed by atoms with Gasteiger partial charge in [0.15, 0.2) is 0 Å². The highest BCUT2D eigenvalue weighted by molar-refractivity contribution is 7.89. The van der Waals surface area contributed by atoms with Gasteiger partial charge in [-0.15, -0.1) is 11.3 Å². The Bertz CT molecular complexity index is 650. The molecule has 0 fully saturated rings. The Balaban J connectivity index is 2.11. The van der Waals surface area contributed by atoms with Crippen molar-refractivity contribution in [2.75, 3.05) is 6.54 Å². The lowest BCUT2D eigenvalue weighted by Gasteiger charge is -2.13. The van der Waals surface area contributed by atoms with Crippen LogP contribution in [0.1, 0.15) is 36.8 Å². The summed E-state index contributed by atoms with van der Waals surface area (Å²) in [5.41, 5.74) is 0.805. The van der Waals surface area contributed by atoms with Gasteiger partial charge in [-0.1, -0.05) is 6.92 Å². The molecule has 0 aliphatic rings. The second-order valence-electron chi connectivity index (χ2n) is 4.76. The van der Waals surface area contributed by atoms with Gasteiger partial charge in [0.05, 0.1) is 11.1 Å². The van der Waals surface area contributed by atoms with Crippen molar-refractivity contribution < 1.29 is 8.42 Å². The van der Waals surface area contributed by atoms with Crippen LogP contribution >= 0.6 is 11.3 Å². The zero-order valence-electron chi connectivity index (χ0n) is 12.1. The average molecular weight is 328 g/mol. The Morgan fingerprint density at radius 2 is 2.29 bits per heavy atom. The molecule has 0 bridgehead atoms. The number of rotatable bonds is 8. The summed E-state index contributed by atoms with van der Waals surface area (Å²) in [6.45, 7) is 5.31. The van der Waals surface area contributed by atoms with Crippen molar-refractivity contribution in [2.24, 2.45) is 0 Å². The maximum Gasteiger partial charge on any atom is 0.242 e. The Kier molecular flexibility index (Phi) is 5.51. The average Bonchev–Trinajstić information content (AvgIpc) is 3.10. The molecule has 0 saturated carbocycles. The number of sulfonamides is 1. The number of H-pyrrole nitrogens is 1. The van der Waals surface area contributed by atoms with Gasteiger partial charge >= 0.3 is 0 Å². The number of hydrogen-bond acceptors (Lipinski definition) is 5. The van der Waals surface area contributed by atoms with Crippen LogP contribution in [0.4, 0.5) is 0 Å². The van der Waals surface area contributed by atoms with Gasteiger partial charge in [0, 0.05) is 29.2 Å². The molecule has 0 aliphatic carbocycles. The second kappa shape index (κ2) is 7.17. The monoisotopic (exact) mass is 328 g/mol. The lowest BCUT2D eigenvalue weighted by molar-refractivity contribution is 0.565. The van der Waals surface area contributed by atoms with Gasteiger partial charge in [-0.25, -0.2) is 13.1 Å². The Hall–Kier alpha value is -1.22. The third kappa shape index (κ3) is 4.13. The third-order valence-electron chi connectivity index (χ3n) is 3.06. The number of aromatic nitrogens is 2. The molecule has 0 saturated heterocycles. The summed E-state index contributed by atoms with van der Waals surface area (Å²) in [6, 6.07) is 1.32. The van der Waals surface area contributed by atoms with E-state index in [4.69, 9.17) is 0 Å². The van der Waals surface area contributed by atoms with Gasteiger partial charge in [0.25, 0.3) is 0 Å². The van der Waals surface area contributed by atoms with E-state index in [0.717, 1.165) is 23.4 Å². The first kappa shape index (κ1) is 16.2. The molecule has 2 aromatic heterocycles. The highest BCUT2D eigenvalue weighted by Crippen LogP contribution is 2.23. The third-order valence-corrected chi connectivity index (χ3v) is 5.73. The molecule has 2 heterocycles. The molecule has 8 heteroatoms. The molecule has 2 aromatic rings. The molecule has 0 aliphatic heterocycles. The molecule has 0 aromatic carbocycles. The first-order valence-electron chi connectivity index (χ1n) is 6.82. The molecule has 0 radical (unpaired) electrons. The summed E-state index contributed by atoms with van der Waals surface area (Å²) in [4.78, 5) is 1.18. The summed E-state index contributed by atoms with van der Waals surface area (Å²) in [5.74, 6) is 0. The molecular weight excluding hydrogens is 308 g/mol. The number of hydrogen-bond donors (Lipinski definition) is 3. The Morgan fingerprint density at radius 3 is 2.95 bits per heavy atom. The van der Waals surface area contributed by atoms with E-state index in [1.165, 1.54) is 11.3 Å². The summed E-state index contributed by atoms with van der Waals surface area (Å²) >= 11 is 1.45. The van der Waals surface area contributed by atoms with Crippen LogP contribution in [-0.4, -0.2) is 25.2 Å². The predicted molar refractivity (Wildman–Crippen MR) is 83.6 cm³/mol. The van der Waals surface area contributed by atoms with E-state index in [-0.39, 0.29) is 6.04 Å². The molecule has 0 spiro atoms. The Morgan fingerprint density at radius 1 is 1.48 bits per heavy atom. The van der Waals surface area contributed by atoms with Crippen LogP contribution in [0.15, 0.2) is 28.7 Å². The van der Waals surface area contributed by atoms with Crippen LogP contribution < -0.4 is 10.0 Å². The fourth-order valence-electron chi connectivity index (χ4n) is 1.94. The number of nitrogens with zero attached hydrogens (tertiary/aromatic N) is 1. The summed E-state index contributed by atoms with van der Waals surface area (Å²) in [7, 11) is -3.53. The molecule has 6 nitrogen and oxygen atoms in total. The van der Waals surface area contributed by atoms with Crippen LogP contribution in [0.25, 0.3) is 0 Å². The van der Waals surface area contributed by atoms with E-state index in [9.17, 15) is 8.42 Å². The lowest BCUT2D eigenvalue weighted by Crippen LogP contribution is -2.27. The van der Waals surface area contributed by atoms with Crippen LogP contribution in [0.3, 0.4) is 0 Å². The van der Waals surface area contributed by atoms with Crippen molar-refractivity contribution in [3.8, 4) is 0 Å². The lowest BCUT2D eigenvalue weighted by atomic mass is 10.2. The molecule has 3 N–H and O–H groups in total. The van der Waals surface area contributed by atoms with Gasteiger partial charge in [-0.2, -0.15) is 5.10 Å². The van der Waals surface area contributed by atoms with Crippen LogP contribution in [0.5, 0.6) is 0 Å². The van der Waals surface area contributed by atoms with Crippen LogP contribution in [-0.2, 0) is 16.6 Å². The predicted octanol–water partition coefficient (Wildman–Crippen LogP) is 2.01. The highest BCUT2D eigenvalue weighted by atomic mass is 32.2. The Labute approximate surface area is 129 Å². The topological polar surface area (TPSA) is 86.9 Å². The zero-order valence-corrected chi connectivity index (χ0v) is 13.7. The van der Waals surface area contributed by atoms with Crippen molar-refractivity contribution in [1.82, 2.24) is 20.2 Å². The first-order chi connectivity index (χ1) is 10.0. The minimum absolute atomic E-state index is 0.329. The van der Waals surface area contributed by atoms with E-state index in [0.29, 0.717) is 11.4 Å². The van der Waals surface area contributed by atoms with Crippen LogP contribution in [0, 0.1) is 0 Å². The van der Waals surface area contributed by atoms with E-state index >= 15 is 0 Å². The van der Waals surface area contributed by atoms with E-state index in [2.05, 4.69) is 27.2 Å². The van der Waals surface area contributed by atoms with Gasteiger partial charge in [0.2, 0.25) is 10.0 Å². The van der Waals surface area contributed by atoms with Gasteiger partial charge in [-0.3, -0.25) is 5.10 Å². The minimum atomic E-state index is -3.53. The summed E-state index contributed by atoms with van der Waals surface area (Å²) in [6.07, 6.45) is 4.32. The van der Waals surface area contributed by atoms with E-state index in [1.807, 2.05) is 0 Å². The van der Waals surface area contributed by atoms with Gasteiger partial charge in [-0.05, 0) is 31.3 Å². The van der Waals surface area contributed by atoms with Crippen LogP contribution in [0.2, 0.25) is 0 Å². The van der Waals surface area contributed by atoms with E-state index < -0.39 is 10.0 Å². The normalized spacial score (nSPS) is 13.4. The number of nitrogens with one attached hydrogen (secondary N) is 3. The first-order valence-corrected chi connectivity index (χ1v) is 9.19. The standard InChI is InChI=1S/C13H20N4O2S2/c1-3-5-14-9-12-13(4-6-20-12)21(18,19)17-10(2)11-7-15-16-8-11/h4,6-8,10,14,17H,3,5,9H2,1-2H3,(H,15,16). The fraction of sp³-hybridized carbons (Fsp3) is 0.462. The number of aromatic amines is 1. The van der Waals surface area contributed by atoms with Crippen molar-refractivity contribution in [2.45, 2.75) is 37.8 Å². The molecular formula is C13H20N4O2S2. The van der Waals surface area contributed by atoms with E-state index in [1.54, 1.807) is 30.8 Å². The molecule has 2 rings (SSSR count). The second-order valence-corrected chi connectivity index (χ2v) is 7.44. The van der Waals surface area contributed by atoms with Crippen molar-refractivity contribution in [3.05, 3.63) is 34.3 Å². The van der Waals surface area contributed by atoms with Crippen molar-refractivity contribution in [3.63, 3.8) is 0 Å². The number of thiophene rings is 1. The zero-order chi connectivity index (χ0) is 15.3. The molecule has 21 heavy (non-hydrogen) atoms.